The minimum atomic E-state index is -0.381. The van der Waals surface area contributed by atoms with Gasteiger partial charge >= 0.3 is 5.97 Å². The van der Waals surface area contributed by atoms with Gasteiger partial charge in [-0.05, 0) is 43.2 Å². The second-order valence-corrected chi connectivity index (χ2v) is 5.23. The smallest absolute Gasteiger partial charge is 0.340 e. The lowest BCUT2D eigenvalue weighted by Crippen LogP contribution is -2.10. The van der Waals surface area contributed by atoms with Crippen molar-refractivity contribution in [2.75, 3.05) is 0 Å². The second-order valence-electron chi connectivity index (χ2n) is 5.23. The van der Waals surface area contributed by atoms with Gasteiger partial charge in [-0.1, -0.05) is 12.1 Å². The molecule has 0 unspecified atom stereocenters. The topological polar surface area (TPSA) is 69.9 Å². The van der Waals surface area contributed by atoms with Crippen molar-refractivity contribution in [2.45, 2.75) is 20.0 Å². The van der Waals surface area contributed by atoms with Crippen molar-refractivity contribution < 1.29 is 9.53 Å². The maximum atomic E-state index is 12.1. The SMILES string of the molecule is Cc1cncc(C(=O)O[C@H](C)c2ccc(-n3cncn3)cc2)c1. The zero-order valence-corrected chi connectivity index (χ0v) is 12.9. The molecule has 2 aromatic heterocycles. The number of ether oxygens (including phenoxy) is 1. The standard InChI is InChI=1S/C17H16N4O2/c1-12-7-15(9-18-8-12)17(22)23-13(2)14-3-5-16(6-4-14)21-11-19-10-20-21/h3-11,13H,1-2H3/t13-/m1/s1. The van der Waals surface area contributed by atoms with Gasteiger partial charge in [-0.15, -0.1) is 0 Å². The van der Waals surface area contributed by atoms with Crippen molar-refractivity contribution in [1.82, 2.24) is 19.7 Å². The van der Waals surface area contributed by atoms with Crippen molar-refractivity contribution in [3.63, 3.8) is 0 Å². The number of carbonyl (C=O) groups is 1. The fourth-order valence-corrected chi connectivity index (χ4v) is 2.20. The summed E-state index contributed by atoms with van der Waals surface area (Å²) < 4.78 is 7.16. The van der Waals surface area contributed by atoms with Gasteiger partial charge in [-0.3, -0.25) is 4.98 Å². The van der Waals surface area contributed by atoms with Crippen LogP contribution in [0.5, 0.6) is 0 Å². The van der Waals surface area contributed by atoms with Gasteiger partial charge in [0.05, 0.1) is 11.3 Å². The molecule has 0 saturated heterocycles. The van der Waals surface area contributed by atoms with Crippen molar-refractivity contribution in [2.24, 2.45) is 0 Å². The van der Waals surface area contributed by atoms with Crippen LogP contribution in [0.1, 0.15) is 34.5 Å². The minimum Gasteiger partial charge on any atom is -0.454 e. The highest BCUT2D eigenvalue weighted by Gasteiger charge is 2.14. The predicted molar refractivity (Wildman–Crippen MR) is 84.2 cm³/mol. The highest BCUT2D eigenvalue weighted by molar-refractivity contribution is 5.89. The first-order valence-corrected chi connectivity index (χ1v) is 7.21. The van der Waals surface area contributed by atoms with Crippen molar-refractivity contribution >= 4 is 5.97 Å². The van der Waals surface area contributed by atoms with Crippen LogP contribution in [0.15, 0.2) is 55.4 Å². The molecule has 23 heavy (non-hydrogen) atoms. The molecule has 0 fully saturated rings. The van der Waals surface area contributed by atoms with Crippen LogP contribution < -0.4 is 0 Å². The van der Waals surface area contributed by atoms with E-state index in [9.17, 15) is 4.79 Å². The van der Waals surface area contributed by atoms with Gasteiger partial charge < -0.3 is 4.74 Å². The number of hydrogen-bond acceptors (Lipinski definition) is 5. The van der Waals surface area contributed by atoms with E-state index < -0.39 is 0 Å². The first-order valence-electron chi connectivity index (χ1n) is 7.21. The van der Waals surface area contributed by atoms with Crippen LogP contribution >= 0.6 is 0 Å². The molecule has 1 atom stereocenters. The molecule has 0 bridgehead atoms. The molecule has 116 valence electrons. The molecule has 0 spiro atoms. The van der Waals surface area contributed by atoms with Gasteiger partial charge in [0.25, 0.3) is 0 Å². The average Bonchev–Trinajstić information content (AvgIpc) is 3.09. The Balaban J connectivity index is 1.70. The maximum Gasteiger partial charge on any atom is 0.340 e. The Labute approximate surface area is 133 Å². The van der Waals surface area contributed by atoms with E-state index in [1.165, 1.54) is 12.5 Å². The summed E-state index contributed by atoms with van der Waals surface area (Å²) in [4.78, 5) is 20.1. The van der Waals surface area contributed by atoms with Crippen LogP contribution in [0.2, 0.25) is 0 Å². The van der Waals surface area contributed by atoms with Crippen LogP contribution in [-0.4, -0.2) is 25.7 Å². The summed E-state index contributed by atoms with van der Waals surface area (Å²) >= 11 is 0. The number of esters is 1. The first kappa shape index (κ1) is 14.9. The number of aryl methyl sites for hydroxylation is 1. The zero-order chi connectivity index (χ0) is 16.2. The van der Waals surface area contributed by atoms with Gasteiger partial charge in [-0.25, -0.2) is 14.5 Å². The van der Waals surface area contributed by atoms with Gasteiger partial charge in [0.2, 0.25) is 0 Å². The summed E-state index contributed by atoms with van der Waals surface area (Å²) in [6, 6.07) is 9.38. The van der Waals surface area contributed by atoms with Crippen LogP contribution in [0.4, 0.5) is 0 Å². The molecule has 2 heterocycles. The highest BCUT2D eigenvalue weighted by Crippen LogP contribution is 2.20. The van der Waals surface area contributed by atoms with E-state index >= 15 is 0 Å². The number of hydrogen-bond donors (Lipinski definition) is 0. The lowest BCUT2D eigenvalue weighted by molar-refractivity contribution is 0.0337. The molecular weight excluding hydrogens is 292 g/mol. The van der Waals surface area contributed by atoms with Crippen LogP contribution in [0, 0.1) is 6.92 Å². The van der Waals surface area contributed by atoms with Gasteiger partial charge in [0.15, 0.2) is 0 Å². The average molecular weight is 308 g/mol. The molecule has 3 rings (SSSR count). The van der Waals surface area contributed by atoms with Crippen LogP contribution in [-0.2, 0) is 4.74 Å². The minimum absolute atomic E-state index is 0.354. The van der Waals surface area contributed by atoms with E-state index in [1.54, 1.807) is 23.3 Å². The van der Waals surface area contributed by atoms with E-state index in [-0.39, 0.29) is 12.1 Å². The Bertz CT molecular complexity index is 798. The lowest BCUT2D eigenvalue weighted by atomic mass is 10.1. The molecule has 0 aliphatic rings. The number of benzene rings is 1. The lowest BCUT2D eigenvalue weighted by Gasteiger charge is -2.14. The Kier molecular flexibility index (Phi) is 4.14. The van der Waals surface area contributed by atoms with E-state index in [2.05, 4.69) is 15.1 Å². The molecular formula is C17H16N4O2. The summed E-state index contributed by atoms with van der Waals surface area (Å²) in [6.45, 7) is 3.72. The molecule has 0 amide bonds. The molecule has 0 aliphatic heterocycles. The molecule has 0 aliphatic carbocycles. The summed E-state index contributed by atoms with van der Waals surface area (Å²) in [6.07, 6.45) is 5.96. The summed E-state index contributed by atoms with van der Waals surface area (Å²) in [5.74, 6) is -0.381. The monoisotopic (exact) mass is 308 g/mol. The number of rotatable bonds is 4. The molecule has 6 heteroatoms. The van der Waals surface area contributed by atoms with E-state index in [1.807, 2.05) is 38.1 Å². The Morgan fingerprint density at radius 3 is 2.61 bits per heavy atom. The molecule has 0 saturated carbocycles. The maximum absolute atomic E-state index is 12.1. The summed E-state index contributed by atoms with van der Waals surface area (Å²) in [7, 11) is 0. The summed E-state index contributed by atoms with van der Waals surface area (Å²) in [5, 5.41) is 4.07. The van der Waals surface area contributed by atoms with E-state index in [4.69, 9.17) is 4.74 Å². The molecule has 6 nitrogen and oxygen atoms in total. The van der Waals surface area contributed by atoms with Gasteiger partial charge in [0, 0.05) is 12.4 Å². The Morgan fingerprint density at radius 1 is 1.17 bits per heavy atom. The quantitative estimate of drug-likeness (QED) is 0.693. The van der Waals surface area contributed by atoms with E-state index in [0.717, 1.165) is 16.8 Å². The van der Waals surface area contributed by atoms with Gasteiger partial charge in [0.1, 0.15) is 18.8 Å². The Morgan fingerprint density at radius 2 is 1.96 bits per heavy atom. The second kappa shape index (κ2) is 6.39. The third kappa shape index (κ3) is 3.42. The molecule has 3 aromatic rings. The molecule has 0 radical (unpaired) electrons. The molecule has 0 N–H and O–H groups in total. The Hall–Kier alpha value is -3.02. The van der Waals surface area contributed by atoms with Crippen LogP contribution in [0.25, 0.3) is 5.69 Å². The third-order valence-electron chi connectivity index (χ3n) is 3.44. The van der Waals surface area contributed by atoms with Gasteiger partial charge in [-0.2, -0.15) is 5.10 Å². The van der Waals surface area contributed by atoms with Crippen LogP contribution in [0.3, 0.4) is 0 Å². The normalized spacial score (nSPS) is 11.9. The predicted octanol–water partition coefficient (Wildman–Crippen LogP) is 2.89. The third-order valence-corrected chi connectivity index (χ3v) is 3.44. The van der Waals surface area contributed by atoms with Crippen molar-refractivity contribution in [3.05, 3.63) is 72.1 Å². The highest BCUT2D eigenvalue weighted by atomic mass is 16.5. The fraction of sp³-hybridized carbons (Fsp3) is 0.176. The number of pyridine rings is 1. The van der Waals surface area contributed by atoms with Crippen molar-refractivity contribution in [1.29, 1.82) is 0 Å². The van der Waals surface area contributed by atoms with Crippen molar-refractivity contribution in [3.8, 4) is 5.69 Å². The first-order chi connectivity index (χ1) is 11.1. The summed E-state index contributed by atoms with van der Waals surface area (Å²) in [5.41, 5.74) is 3.18. The van der Waals surface area contributed by atoms with E-state index in [0.29, 0.717) is 5.56 Å². The fourth-order valence-electron chi connectivity index (χ4n) is 2.20. The number of nitrogens with zero attached hydrogens (tertiary/aromatic N) is 4. The largest absolute Gasteiger partial charge is 0.454 e. The molecule has 1 aromatic carbocycles. The zero-order valence-electron chi connectivity index (χ0n) is 12.9. The number of carbonyl (C=O) groups excluding carboxylic acids is 1. The number of aromatic nitrogens is 4.